The third-order valence-electron chi connectivity index (χ3n) is 2.70. The molecule has 0 spiro atoms. The zero-order chi connectivity index (χ0) is 13.4. The van der Waals surface area contributed by atoms with Crippen molar-refractivity contribution in [1.82, 2.24) is 4.90 Å². The standard InChI is InChI=1S/C12H9NO5/c1-6-7-4-2-3-5-8(7)10(14)13(6)9(11(15)16)12(17)18/h2-5,9H,1H2,(H,15,16)(H,17,18). The molecule has 1 heterocycles. The summed E-state index contributed by atoms with van der Waals surface area (Å²) in [5, 5.41) is 17.8. The first kappa shape index (κ1) is 11.8. The number of rotatable bonds is 3. The van der Waals surface area contributed by atoms with Crippen molar-refractivity contribution in [1.29, 1.82) is 0 Å². The first-order chi connectivity index (χ1) is 8.45. The fourth-order valence-corrected chi connectivity index (χ4v) is 1.90. The number of nitrogens with zero attached hydrogens (tertiary/aromatic N) is 1. The van der Waals surface area contributed by atoms with Crippen LogP contribution in [-0.2, 0) is 9.59 Å². The van der Waals surface area contributed by atoms with E-state index in [-0.39, 0.29) is 11.3 Å². The molecule has 0 aliphatic carbocycles. The second-order valence-corrected chi connectivity index (χ2v) is 3.75. The van der Waals surface area contributed by atoms with Gasteiger partial charge in [-0.25, -0.2) is 9.59 Å². The summed E-state index contributed by atoms with van der Waals surface area (Å²) >= 11 is 0. The molecule has 92 valence electrons. The molecule has 6 nitrogen and oxygen atoms in total. The number of hydrogen-bond donors (Lipinski definition) is 2. The molecule has 1 aromatic carbocycles. The highest BCUT2D eigenvalue weighted by Gasteiger charge is 2.43. The van der Waals surface area contributed by atoms with E-state index in [2.05, 4.69) is 6.58 Å². The predicted molar refractivity (Wildman–Crippen MR) is 60.7 cm³/mol. The van der Waals surface area contributed by atoms with Crippen molar-refractivity contribution in [3.63, 3.8) is 0 Å². The highest BCUT2D eigenvalue weighted by atomic mass is 16.4. The Bertz CT molecular complexity index is 529. The Hall–Kier alpha value is -2.63. The lowest BCUT2D eigenvalue weighted by molar-refractivity contribution is -0.153. The molecule has 18 heavy (non-hydrogen) atoms. The van der Waals surface area contributed by atoms with Crippen molar-refractivity contribution in [3.05, 3.63) is 42.0 Å². The molecule has 0 radical (unpaired) electrons. The van der Waals surface area contributed by atoms with Gasteiger partial charge in [-0.1, -0.05) is 24.8 Å². The minimum Gasteiger partial charge on any atom is -0.479 e. The van der Waals surface area contributed by atoms with Gasteiger partial charge in [0.25, 0.3) is 5.91 Å². The fraction of sp³-hybridized carbons (Fsp3) is 0.0833. The summed E-state index contributed by atoms with van der Waals surface area (Å²) in [5.74, 6) is -3.87. The van der Waals surface area contributed by atoms with E-state index in [4.69, 9.17) is 10.2 Å². The summed E-state index contributed by atoms with van der Waals surface area (Å²) in [6.07, 6.45) is 0. The van der Waals surface area contributed by atoms with Crippen molar-refractivity contribution in [2.24, 2.45) is 0 Å². The molecule has 6 heteroatoms. The van der Waals surface area contributed by atoms with Gasteiger partial charge in [0, 0.05) is 16.8 Å². The lowest BCUT2D eigenvalue weighted by Gasteiger charge is -2.21. The van der Waals surface area contributed by atoms with E-state index in [9.17, 15) is 14.4 Å². The summed E-state index contributed by atoms with van der Waals surface area (Å²) in [6.45, 7) is 3.59. The zero-order valence-corrected chi connectivity index (χ0v) is 9.16. The normalized spacial score (nSPS) is 13.9. The number of benzene rings is 1. The Kier molecular flexibility index (Phi) is 2.63. The number of carbonyl (C=O) groups is 3. The van der Waals surface area contributed by atoms with Gasteiger partial charge < -0.3 is 10.2 Å². The molecule has 0 fully saturated rings. The highest BCUT2D eigenvalue weighted by Crippen LogP contribution is 2.32. The summed E-state index contributed by atoms with van der Waals surface area (Å²) < 4.78 is 0. The van der Waals surface area contributed by atoms with Crippen molar-refractivity contribution in [2.75, 3.05) is 0 Å². The largest absolute Gasteiger partial charge is 0.479 e. The monoisotopic (exact) mass is 247 g/mol. The summed E-state index contributed by atoms with van der Waals surface area (Å²) in [6, 6.07) is 4.42. The van der Waals surface area contributed by atoms with E-state index in [1.165, 1.54) is 6.07 Å². The minimum absolute atomic E-state index is 0.0883. The number of hydrogen-bond acceptors (Lipinski definition) is 3. The minimum atomic E-state index is -1.96. The van der Waals surface area contributed by atoms with E-state index < -0.39 is 23.9 Å². The quantitative estimate of drug-likeness (QED) is 0.765. The number of amides is 1. The third-order valence-corrected chi connectivity index (χ3v) is 2.70. The van der Waals surface area contributed by atoms with Gasteiger partial charge >= 0.3 is 11.9 Å². The molecule has 1 aliphatic heterocycles. The Morgan fingerprint density at radius 1 is 1.11 bits per heavy atom. The van der Waals surface area contributed by atoms with Crippen molar-refractivity contribution >= 4 is 23.5 Å². The maximum Gasteiger partial charge on any atom is 0.338 e. The zero-order valence-electron chi connectivity index (χ0n) is 9.16. The smallest absolute Gasteiger partial charge is 0.338 e. The van der Waals surface area contributed by atoms with Crippen LogP contribution in [0.15, 0.2) is 30.8 Å². The van der Waals surface area contributed by atoms with E-state index >= 15 is 0 Å². The van der Waals surface area contributed by atoms with Gasteiger partial charge in [-0.15, -0.1) is 0 Å². The lowest BCUT2D eigenvalue weighted by Crippen LogP contribution is -2.46. The van der Waals surface area contributed by atoms with Crippen LogP contribution >= 0.6 is 0 Å². The van der Waals surface area contributed by atoms with Gasteiger partial charge in [0.15, 0.2) is 0 Å². The van der Waals surface area contributed by atoms with Crippen LogP contribution in [0.3, 0.4) is 0 Å². The Morgan fingerprint density at radius 2 is 1.61 bits per heavy atom. The molecule has 1 aromatic rings. The van der Waals surface area contributed by atoms with E-state index in [0.717, 1.165) is 0 Å². The topological polar surface area (TPSA) is 94.9 Å². The van der Waals surface area contributed by atoms with E-state index in [1.54, 1.807) is 18.2 Å². The van der Waals surface area contributed by atoms with Gasteiger partial charge in [-0.05, 0) is 6.07 Å². The molecule has 1 aliphatic rings. The van der Waals surface area contributed by atoms with E-state index in [1.807, 2.05) is 0 Å². The molecule has 0 saturated heterocycles. The number of carbonyl (C=O) groups excluding carboxylic acids is 1. The second-order valence-electron chi connectivity index (χ2n) is 3.75. The first-order valence-corrected chi connectivity index (χ1v) is 5.02. The number of carboxylic acids is 2. The molecule has 1 amide bonds. The van der Waals surface area contributed by atoms with Crippen molar-refractivity contribution in [2.45, 2.75) is 6.04 Å². The van der Waals surface area contributed by atoms with Crippen LogP contribution in [0, 0.1) is 0 Å². The van der Waals surface area contributed by atoms with Gasteiger partial charge in [0.05, 0.1) is 0 Å². The number of fused-ring (bicyclic) bond motifs is 1. The molecule has 0 unspecified atom stereocenters. The average molecular weight is 247 g/mol. The molecule has 2 rings (SSSR count). The van der Waals surface area contributed by atoms with Crippen LogP contribution in [0.1, 0.15) is 15.9 Å². The van der Waals surface area contributed by atoms with Gasteiger partial charge in [0.2, 0.25) is 6.04 Å². The Labute approximate surface area is 102 Å². The first-order valence-electron chi connectivity index (χ1n) is 5.02. The second kappa shape index (κ2) is 3.99. The van der Waals surface area contributed by atoms with Crippen LogP contribution < -0.4 is 0 Å². The molecule has 2 N–H and O–H groups in total. The third kappa shape index (κ3) is 1.55. The number of aliphatic carboxylic acids is 2. The maximum absolute atomic E-state index is 12.0. The molecule has 0 atom stereocenters. The highest BCUT2D eigenvalue weighted by molar-refractivity contribution is 6.14. The van der Waals surface area contributed by atoms with Crippen molar-refractivity contribution in [3.8, 4) is 0 Å². The van der Waals surface area contributed by atoms with Gasteiger partial charge in [-0.3, -0.25) is 9.69 Å². The van der Waals surface area contributed by atoms with Crippen LogP contribution in [0.25, 0.3) is 5.70 Å². The van der Waals surface area contributed by atoms with Crippen LogP contribution in [0.4, 0.5) is 0 Å². The maximum atomic E-state index is 12.0. The van der Waals surface area contributed by atoms with Crippen molar-refractivity contribution < 1.29 is 24.6 Å². The summed E-state index contributed by atoms with van der Waals surface area (Å²) in [7, 11) is 0. The fourth-order valence-electron chi connectivity index (χ4n) is 1.90. The average Bonchev–Trinajstić information content (AvgIpc) is 2.55. The molecular weight excluding hydrogens is 238 g/mol. The summed E-state index contributed by atoms with van der Waals surface area (Å²) in [4.78, 5) is 34.6. The SMILES string of the molecule is C=C1c2ccccc2C(=O)N1C(C(=O)O)C(=O)O. The summed E-state index contributed by atoms with van der Waals surface area (Å²) in [5.41, 5.74) is 0.801. The number of carboxylic acid groups (broad SMARTS) is 2. The molecule has 0 bridgehead atoms. The van der Waals surface area contributed by atoms with Crippen LogP contribution in [0.5, 0.6) is 0 Å². The lowest BCUT2D eigenvalue weighted by atomic mass is 10.1. The van der Waals surface area contributed by atoms with Crippen LogP contribution in [-0.4, -0.2) is 39.0 Å². The van der Waals surface area contributed by atoms with Gasteiger partial charge in [-0.2, -0.15) is 0 Å². The predicted octanol–water partition coefficient (Wildman–Crippen LogP) is 0.651. The van der Waals surface area contributed by atoms with E-state index in [0.29, 0.717) is 10.5 Å². The molecule has 0 saturated carbocycles. The van der Waals surface area contributed by atoms with Gasteiger partial charge in [0.1, 0.15) is 0 Å². The Morgan fingerprint density at radius 3 is 2.06 bits per heavy atom. The van der Waals surface area contributed by atoms with Crippen LogP contribution in [0.2, 0.25) is 0 Å². The molecule has 0 aromatic heterocycles. The Balaban J connectivity index is 2.51. The molecular formula is C12H9NO5.